The molecule has 1 aliphatic rings. The lowest BCUT2D eigenvalue weighted by Gasteiger charge is -2.17. The summed E-state index contributed by atoms with van der Waals surface area (Å²) in [5.74, 6) is -2.47. The maximum Gasteiger partial charge on any atom is 0.266 e. The van der Waals surface area contributed by atoms with Crippen molar-refractivity contribution in [3.05, 3.63) is 11.8 Å². The van der Waals surface area contributed by atoms with Crippen LogP contribution in [0.4, 0.5) is 8.78 Å². The van der Waals surface area contributed by atoms with E-state index in [-0.39, 0.29) is 13.0 Å². The SMILES string of the molecule is C/C=C(/C)N1CCC(F)(F)C1.CC.CC.CO. The van der Waals surface area contributed by atoms with Crippen LogP contribution in [-0.2, 0) is 0 Å². The van der Waals surface area contributed by atoms with Crippen molar-refractivity contribution >= 4 is 0 Å². The summed E-state index contributed by atoms with van der Waals surface area (Å²) < 4.78 is 25.2. The molecule has 17 heavy (non-hydrogen) atoms. The summed E-state index contributed by atoms with van der Waals surface area (Å²) in [6.07, 6.45) is 1.86. The molecule has 0 bridgehead atoms. The molecule has 0 aromatic heterocycles. The van der Waals surface area contributed by atoms with Gasteiger partial charge >= 0.3 is 0 Å². The molecular formula is C13H29F2NO. The quantitative estimate of drug-likeness (QED) is 0.766. The van der Waals surface area contributed by atoms with Gasteiger partial charge in [0.25, 0.3) is 5.92 Å². The van der Waals surface area contributed by atoms with Crippen LogP contribution in [-0.4, -0.2) is 36.1 Å². The summed E-state index contributed by atoms with van der Waals surface area (Å²) in [7, 11) is 1.00. The van der Waals surface area contributed by atoms with Gasteiger partial charge in [0.2, 0.25) is 0 Å². The van der Waals surface area contributed by atoms with Crippen molar-refractivity contribution < 1.29 is 13.9 Å². The average Bonchev–Trinajstić information content (AvgIpc) is 2.76. The zero-order valence-electron chi connectivity index (χ0n) is 12.3. The molecule has 1 saturated heterocycles. The van der Waals surface area contributed by atoms with Gasteiger partial charge in [-0.3, -0.25) is 0 Å². The summed E-state index contributed by atoms with van der Waals surface area (Å²) in [6, 6.07) is 0. The van der Waals surface area contributed by atoms with Crippen molar-refractivity contribution in [3.8, 4) is 0 Å². The standard InChI is InChI=1S/C8H13F2N.2C2H6.CH4O/c1-3-7(2)11-5-4-8(9,10)6-11;3*1-2/h3H,4-6H2,1-2H3;2*1-2H3;2H,1H3/b7-3-;;;. The van der Waals surface area contributed by atoms with Gasteiger partial charge < -0.3 is 10.0 Å². The Labute approximate surface area is 105 Å². The van der Waals surface area contributed by atoms with Gasteiger partial charge in [-0.15, -0.1) is 0 Å². The Hall–Kier alpha value is -0.640. The van der Waals surface area contributed by atoms with Gasteiger partial charge in [0.15, 0.2) is 0 Å². The topological polar surface area (TPSA) is 23.5 Å². The fourth-order valence-corrected chi connectivity index (χ4v) is 1.22. The largest absolute Gasteiger partial charge is 0.400 e. The molecule has 0 aromatic rings. The number of nitrogens with zero attached hydrogens (tertiary/aromatic N) is 1. The molecule has 1 N–H and O–H groups in total. The zero-order valence-corrected chi connectivity index (χ0v) is 12.3. The second-order valence-electron chi connectivity index (χ2n) is 2.96. The molecule has 2 nitrogen and oxygen atoms in total. The minimum Gasteiger partial charge on any atom is -0.400 e. The number of hydrogen-bond acceptors (Lipinski definition) is 2. The zero-order chi connectivity index (χ0) is 14.5. The lowest BCUT2D eigenvalue weighted by molar-refractivity contribution is 0.0151. The van der Waals surface area contributed by atoms with E-state index >= 15 is 0 Å². The lowest BCUT2D eigenvalue weighted by Crippen LogP contribution is -2.23. The third kappa shape index (κ3) is 10.2. The van der Waals surface area contributed by atoms with Crippen LogP contribution in [0.3, 0.4) is 0 Å². The van der Waals surface area contributed by atoms with Gasteiger partial charge in [-0.25, -0.2) is 8.78 Å². The molecule has 0 aromatic carbocycles. The monoisotopic (exact) mass is 253 g/mol. The van der Waals surface area contributed by atoms with Gasteiger partial charge in [0, 0.05) is 25.8 Å². The van der Waals surface area contributed by atoms with Gasteiger partial charge in [0.1, 0.15) is 0 Å². The van der Waals surface area contributed by atoms with E-state index in [4.69, 9.17) is 5.11 Å². The number of halogens is 2. The third-order valence-corrected chi connectivity index (χ3v) is 2.09. The molecule has 1 fully saturated rings. The first kappa shape index (κ1) is 21.6. The van der Waals surface area contributed by atoms with Crippen molar-refractivity contribution in [2.24, 2.45) is 0 Å². The van der Waals surface area contributed by atoms with E-state index in [0.29, 0.717) is 6.54 Å². The summed E-state index contributed by atoms with van der Waals surface area (Å²) in [5.41, 5.74) is 0.946. The van der Waals surface area contributed by atoms with Gasteiger partial charge in [0.05, 0.1) is 6.54 Å². The molecule has 0 radical (unpaired) electrons. The van der Waals surface area contributed by atoms with Gasteiger partial charge in [-0.2, -0.15) is 0 Å². The number of hydrogen-bond donors (Lipinski definition) is 1. The third-order valence-electron chi connectivity index (χ3n) is 2.09. The maximum absolute atomic E-state index is 12.6. The number of alkyl halides is 2. The smallest absolute Gasteiger partial charge is 0.266 e. The minimum atomic E-state index is -2.47. The van der Waals surface area contributed by atoms with Gasteiger partial charge in [-0.1, -0.05) is 33.8 Å². The Morgan fingerprint density at radius 2 is 1.59 bits per heavy atom. The Morgan fingerprint density at radius 1 is 1.18 bits per heavy atom. The van der Waals surface area contributed by atoms with Crippen molar-refractivity contribution in [1.82, 2.24) is 4.90 Å². The van der Waals surface area contributed by atoms with E-state index in [1.807, 2.05) is 47.6 Å². The van der Waals surface area contributed by atoms with E-state index in [9.17, 15) is 8.78 Å². The van der Waals surface area contributed by atoms with E-state index in [0.717, 1.165) is 12.8 Å². The molecule has 1 rings (SSSR count). The highest BCUT2D eigenvalue weighted by molar-refractivity contribution is 5.00. The van der Waals surface area contributed by atoms with Gasteiger partial charge in [-0.05, 0) is 13.8 Å². The summed E-state index contributed by atoms with van der Waals surface area (Å²) in [6.45, 7) is 12.1. The number of likely N-dealkylation sites (tertiary alicyclic amines) is 1. The Balaban J connectivity index is -0.000000285. The minimum absolute atomic E-state index is 0.00181. The molecule has 1 heterocycles. The van der Waals surface area contributed by atoms with Crippen molar-refractivity contribution in [3.63, 3.8) is 0 Å². The summed E-state index contributed by atoms with van der Waals surface area (Å²) in [4.78, 5) is 1.72. The van der Waals surface area contributed by atoms with Crippen LogP contribution in [0.25, 0.3) is 0 Å². The van der Waals surface area contributed by atoms with Crippen molar-refractivity contribution in [2.45, 2.75) is 53.9 Å². The van der Waals surface area contributed by atoms with Crippen LogP contribution < -0.4 is 0 Å². The number of aliphatic hydroxyl groups excluding tert-OH is 1. The predicted molar refractivity (Wildman–Crippen MR) is 71.4 cm³/mol. The molecule has 4 heteroatoms. The normalized spacial score (nSPS) is 16.8. The fourth-order valence-electron chi connectivity index (χ4n) is 1.22. The highest BCUT2D eigenvalue weighted by Crippen LogP contribution is 2.28. The molecule has 0 saturated carbocycles. The first-order valence-electron chi connectivity index (χ1n) is 6.25. The Bertz CT molecular complexity index is 182. The molecule has 106 valence electrons. The van der Waals surface area contributed by atoms with Crippen LogP contribution in [0.1, 0.15) is 48.0 Å². The molecule has 0 amide bonds. The summed E-state index contributed by atoms with van der Waals surface area (Å²) >= 11 is 0. The van der Waals surface area contributed by atoms with Crippen molar-refractivity contribution in [2.75, 3.05) is 20.2 Å². The number of allylic oxidation sites excluding steroid dienone is 2. The fraction of sp³-hybridized carbons (Fsp3) is 0.846. The molecule has 0 unspecified atom stereocenters. The molecule has 0 spiro atoms. The number of aliphatic hydroxyl groups is 1. The Kier molecular flexibility index (Phi) is 17.1. The first-order valence-corrected chi connectivity index (χ1v) is 6.25. The summed E-state index contributed by atoms with van der Waals surface area (Å²) in [5, 5.41) is 7.00. The van der Waals surface area contributed by atoms with E-state index in [2.05, 4.69) is 0 Å². The van der Waals surface area contributed by atoms with E-state index in [1.165, 1.54) is 0 Å². The maximum atomic E-state index is 12.6. The van der Waals surface area contributed by atoms with Crippen LogP contribution in [0.15, 0.2) is 11.8 Å². The molecule has 0 atom stereocenters. The highest BCUT2D eigenvalue weighted by Gasteiger charge is 2.37. The second kappa shape index (κ2) is 13.4. The van der Waals surface area contributed by atoms with Crippen LogP contribution in [0.2, 0.25) is 0 Å². The van der Waals surface area contributed by atoms with E-state index in [1.54, 1.807) is 4.90 Å². The molecule has 1 aliphatic heterocycles. The van der Waals surface area contributed by atoms with Crippen LogP contribution in [0.5, 0.6) is 0 Å². The Morgan fingerprint density at radius 3 is 1.82 bits per heavy atom. The van der Waals surface area contributed by atoms with Crippen molar-refractivity contribution in [1.29, 1.82) is 0 Å². The second-order valence-corrected chi connectivity index (χ2v) is 2.96. The number of rotatable bonds is 1. The average molecular weight is 253 g/mol. The first-order chi connectivity index (χ1) is 8.05. The predicted octanol–water partition coefficient (Wildman–Crippen LogP) is 3.91. The highest BCUT2D eigenvalue weighted by atomic mass is 19.3. The van der Waals surface area contributed by atoms with Crippen LogP contribution >= 0.6 is 0 Å². The van der Waals surface area contributed by atoms with Crippen LogP contribution in [0, 0.1) is 0 Å². The molecule has 0 aliphatic carbocycles. The lowest BCUT2D eigenvalue weighted by atomic mass is 10.3. The van der Waals surface area contributed by atoms with E-state index < -0.39 is 5.92 Å². The molecular weight excluding hydrogens is 224 g/mol.